The van der Waals surface area contributed by atoms with Gasteiger partial charge in [-0.2, -0.15) is 0 Å². The summed E-state index contributed by atoms with van der Waals surface area (Å²) in [6, 6.07) is 5.33. The van der Waals surface area contributed by atoms with Gasteiger partial charge in [-0.25, -0.2) is 4.98 Å². The normalized spacial score (nSPS) is 12.4. The summed E-state index contributed by atoms with van der Waals surface area (Å²) in [6.45, 7) is 2.81. The number of halogens is 1. The smallest absolute Gasteiger partial charge is 0.244 e. The Hall–Kier alpha value is -2.55. The van der Waals surface area contributed by atoms with Crippen molar-refractivity contribution in [3.8, 4) is 11.5 Å². The molecular weight excluding hydrogens is 414 g/mol. The second-order valence-corrected chi connectivity index (χ2v) is 7.39. The van der Waals surface area contributed by atoms with Crippen molar-refractivity contribution in [2.45, 2.75) is 13.0 Å². The Morgan fingerprint density at radius 3 is 2.93 bits per heavy atom. The summed E-state index contributed by atoms with van der Waals surface area (Å²) >= 11 is 7.62. The molecule has 29 heavy (non-hydrogen) atoms. The maximum absolute atomic E-state index is 12.4. The van der Waals surface area contributed by atoms with Crippen LogP contribution in [0.3, 0.4) is 0 Å². The monoisotopic (exact) mass is 435 g/mol. The lowest BCUT2D eigenvalue weighted by molar-refractivity contribution is -0.117. The number of hydrogen-bond acceptors (Lipinski definition) is 6. The van der Waals surface area contributed by atoms with Crippen molar-refractivity contribution in [1.82, 2.24) is 14.7 Å². The van der Waals surface area contributed by atoms with Crippen molar-refractivity contribution < 1.29 is 19.0 Å². The minimum atomic E-state index is -0.238. The SMILES string of the molecule is COCCOc1ccc(C(C)NC(=O)/C=C/c2c(Cl)nc3sccn23)cc1OC. The first-order valence-corrected chi connectivity index (χ1v) is 10.2. The van der Waals surface area contributed by atoms with E-state index in [1.165, 1.54) is 17.4 Å². The van der Waals surface area contributed by atoms with E-state index in [0.29, 0.717) is 35.6 Å². The van der Waals surface area contributed by atoms with Crippen LogP contribution in [-0.4, -0.2) is 42.7 Å². The first-order valence-electron chi connectivity index (χ1n) is 8.92. The topological polar surface area (TPSA) is 74.1 Å². The number of ether oxygens (including phenoxy) is 3. The minimum Gasteiger partial charge on any atom is -0.493 e. The summed E-state index contributed by atoms with van der Waals surface area (Å²) in [6.07, 6.45) is 4.97. The molecule has 0 bridgehead atoms. The lowest BCUT2D eigenvalue weighted by Gasteiger charge is -2.16. The molecule has 0 aliphatic carbocycles. The molecule has 0 aliphatic rings. The fourth-order valence-electron chi connectivity index (χ4n) is 2.73. The van der Waals surface area contributed by atoms with Gasteiger partial charge in [0.05, 0.1) is 25.5 Å². The largest absolute Gasteiger partial charge is 0.493 e. The molecule has 3 aromatic rings. The molecule has 1 aromatic carbocycles. The van der Waals surface area contributed by atoms with Crippen molar-refractivity contribution >= 4 is 39.9 Å². The maximum atomic E-state index is 12.4. The number of rotatable bonds is 9. The number of aromatic nitrogens is 2. The molecule has 0 radical (unpaired) electrons. The minimum absolute atomic E-state index is 0.226. The second kappa shape index (κ2) is 9.78. The van der Waals surface area contributed by atoms with Crippen LogP contribution in [0.5, 0.6) is 11.5 Å². The molecule has 2 aromatic heterocycles. The number of fused-ring (bicyclic) bond motifs is 1. The zero-order valence-electron chi connectivity index (χ0n) is 16.3. The van der Waals surface area contributed by atoms with E-state index in [1.807, 2.05) is 41.1 Å². The zero-order chi connectivity index (χ0) is 20.8. The number of imidazole rings is 1. The van der Waals surface area contributed by atoms with Gasteiger partial charge in [0, 0.05) is 24.8 Å². The Morgan fingerprint density at radius 2 is 2.17 bits per heavy atom. The molecule has 0 saturated carbocycles. The highest BCUT2D eigenvalue weighted by atomic mass is 35.5. The average molecular weight is 436 g/mol. The van der Waals surface area contributed by atoms with E-state index >= 15 is 0 Å². The molecule has 7 nitrogen and oxygen atoms in total. The number of thiazole rings is 1. The van der Waals surface area contributed by atoms with Gasteiger partial charge in [0.15, 0.2) is 21.6 Å². The van der Waals surface area contributed by atoms with E-state index in [2.05, 4.69) is 10.3 Å². The Balaban J connectivity index is 1.66. The summed E-state index contributed by atoms with van der Waals surface area (Å²) in [7, 11) is 3.20. The number of nitrogens with one attached hydrogen (secondary N) is 1. The highest BCUT2D eigenvalue weighted by molar-refractivity contribution is 7.15. The summed E-state index contributed by atoms with van der Waals surface area (Å²) in [5.74, 6) is 0.987. The molecular formula is C20H22ClN3O4S. The lowest BCUT2D eigenvalue weighted by atomic mass is 10.1. The van der Waals surface area contributed by atoms with Gasteiger partial charge in [-0.15, -0.1) is 11.3 Å². The molecule has 3 rings (SSSR count). The van der Waals surface area contributed by atoms with Crippen LogP contribution in [0, 0.1) is 0 Å². The predicted octanol–water partition coefficient (Wildman–Crippen LogP) is 3.97. The highest BCUT2D eigenvalue weighted by Crippen LogP contribution is 2.30. The van der Waals surface area contributed by atoms with Crippen LogP contribution in [0.2, 0.25) is 5.15 Å². The molecule has 9 heteroatoms. The summed E-state index contributed by atoms with van der Waals surface area (Å²) in [5, 5.41) is 5.21. The average Bonchev–Trinajstić information content (AvgIpc) is 3.27. The fraction of sp³-hybridized carbons (Fsp3) is 0.300. The fourth-order valence-corrected chi connectivity index (χ4v) is 3.74. The van der Waals surface area contributed by atoms with Gasteiger partial charge in [0.25, 0.3) is 0 Å². The van der Waals surface area contributed by atoms with E-state index in [9.17, 15) is 4.79 Å². The standard InChI is InChI=1S/C20H22ClN3O4S/c1-13(14-4-6-16(17(12-14)27-3)28-10-9-26-2)22-18(25)7-5-15-19(21)23-20-24(15)8-11-29-20/h4-8,11-13H,9-10H2,1-3H3,(H,22,25)/b7-5+. The molecule has 1 amide bonds. The van der Waals surface area contributed by atoms with E-state index < -0.39 is 0 Å². The van der Waals surface area contributed by atoms with E-state index in [4.69, 9.17) is 25.8 Å². The number of carbonyl (C=O) groups is 1. The number of hydrogen-bond donors (Lipinski definition) is 1. The summed E-state index contributed by atoms with van der Waals surface area (Å²) in [5.41, 5.74) is 1.57. The van der Waals surface area contributed by atoms with Gasteiger partial charge < -0.3 is 19.5 Å². The Bertz CT molecular complexity index is 1010. The number of nitrogens with zero attached hydrogens (tertiary/aromatic N) is 2. The first kappa shape index (κ1) is 21.2. The zero-order valence-corrected chi connectivity index (χ0v) is 17.9. The number of carbonyl (C=O) groups excluding carboxylic acids is 1. The third kappa shape index (κ3) is 5.09. The molecule has 1 atom stereocenters. The molecule has 1 unspecified atom stereocenters. The van der Waals surface area contributed by atoms with Gasteiger partial charge in [-0.3, -0.25) is 9.20 Å². The van der Waals surface area contributed by atoms with Crippen LogP contribution >= 0.6 is 22.9 Å². The quantitative estimate of drug-likeness (QED) is 0.406. The van der Waals surface area contributed by atoms with Crippen LogP contribution in [0.4, 0.5) is 0 Å². The van der Waals surface area contributed by atoms with Gasteiger partial charge >= 0.3 is 0 Å². The second-order valence-electron chi connectivity index (χ2n) is 6.16. The van der Waals surface area contributed by atoms with Crippen LogP contribution in [0.25, 0.3) is 11.0 Å². The lowest BCUT2D eigenvalue weighted by Crippen LogP contribution is -2.24. The number of benzene rings is 1. The van der Waals surface area contributed by atoms with E-state index in [0.717, 1.165) is 10.5 Å². The maximum Gasteiger partial charge on any atom is 0.244 e. The van der Waals surface area contributed by atoms with Crippen LogP contribution in [0.15, 0.2) is 35.9 Å². The first-order chi connectivity index (χ1) is 14.0. The van der Waals surface area contributed by atoms with Crippen LogP contribution in [0.1, 0.15) is 24.2 Å². The Kier molecular flexibility index (Phi) is 7.13. The third-order valence-electron chi connectivity index (χ3n) is 4.24. The van der Waals surface area contributed by atoms with Gasteiger partial charge in [0.2, 0.25) is 5.91 Å². The van der Waals surface area contributed by atoms with Crippen molar-refractivity contribution in [3.05, 3.63) is 52.3 Å². The van der Waals surface area contributed by atoms with Crippen molar-refractivity contribution in [3.63, 3.8) is 0 Å². The van der Waals surface area contributed by atoms with Crippen molar-refractivity contribution in [1.29, 1.82) is 0 Å². The Labute approximate surface area is 177 Å². The van der Waals surface area contributed by atoms with Gasteiger partial charge in [-0.05, 0) is 30.7 Å². The van der Waals surface area contributed by atoms with Gasteiger partial charge in [0.1, 0.15) is 6.61 Å². The number of methoxy groups -OCH3 is 2. The third-order valence-corrected chi connectivity index (χ3v) is 5.27. The van der Waals surface area contributed by atoms with Crippen molar-refractivity contribution in [2.24, 2.45) is 0 Å². The van der Waals surface area contributed by atoms with Crippen LogP contribution in [-0.2, 0) is 9.53 Å². The molecule has 1 N–H and O–H groups in total. The summed E-state index contributed by atoms with van der Waals surface area (Å²) < 4.78 is 17.9. The van der Waals surface area contributed by atoms with E-state index in [1.54, 1.807) is 20.3 Å². The summed E-state index contributed by atoms with van der Waals surface area (Å²) in [4.78, 5) is 17.4. The number of amides is 1. The molecule has 0 spiro atoms. The molecule has 154 valence electrons. The van der Waals surface area contributed by atoms with Crippen LogP contribution < -0.4 is 14.8 Å². The highest BCUT2D eigenvalue weighted by Gasteiger charge is 2.13. The molecule has 0 aliphatic heterocycles. The van der Waals surface area contributed by atoms with Gasteiger partial charge in [-0.1, -0.05) is 17.7 Å². The predicted molar refractivity (Wildman–Crippen MR) is 114 cm³/mol. The molecule has 2 heterocycles. The molecule has 0 saturated heterocycles. The molecule has 0 fully saturated rings. The Morgan fingerprint density at radius 1 is 1.34 bits per heavy atom. The van der Waals surface area contributed by atoms with Crippen molar-refractivity contribution in [2.75, 3.05) is 27.4 Å². The van der Waals surface area contributed by atoms with E-state index in [-0.39, 0.29) is 11.9 Å².